The second-order valence-corrected chi connectivity index (χ2v) is 9.96. The molecule has 0 aromatic heterocycles. The van der Waals surface area contributed by atoms with Crippen LogP contribution < -0.4 is 0 Å². The van der Waals surface area contributed by atoms with Gasteiger partial charge in [0.2, 0.25) is 0 Å². The van der Waals surface area contributed by atoms with E-state index in [1.165, 1.54) is 70.6 Å². The second kappa shape index (κ2) is 24.0. The van der Waals surface area contributed by atoms with Crippen LogP contribution in [0.25, 0.3) is 0 Å². The van der Waals surface area contributed by atoms with E-state index in [1.807, 2.05) is 0 Å². The summed E-state index contributed by atoms with van der Waals surface area (Å²) in [6.07, 6.45) is 20.2. The molecule has 196 valence electrons. The molecule has 0 aromatic carbocycles. The highest BCUT2D eigenvalue weighted by Gasteiger charge is 2.16. The first kappa shape index (κ1) is 31.9. The molecule has 0 saturated heterocycles. The average molecular weight is 471 g/mol. The van der Waals surface area contributed by atoms with E-state index in [0.29, 0.717) is 12.8 Å². The molecule has 0 aromatic rings. The molecule has 1 atom stereocenters. The molecule has 0 bridgehead atoms. The molecule has 0 saturated carbocycles. The van der Waals surface area contributed by atoms with Crippen molar-refractivity contribution in [1.82, 2.24) is 0 Å². The summed E-state index contributed by atoms with van der Waals surface area (Å²) in [6, 6.07) is 0. The zero-order chi connectivity index (χ0) is 24.6. The number of unbranched alkanes of at least 4 members (excludes halogenated alkanes) is 14. The predicted octanol–water partition coefficient (Wildman–Crippen LogP) is 7.52. The van der Waals surface area contributed by atoms with Crippen molar-refractivity contribution in [2.45, 2.75) is 149 Å². The molecule has 0 unspecified atom stereocenters. The highest BCUT2D eigenvalue weighted by atomic mass is 16.6. The predicted molar refractivity (Wildman–Crippen MR) is 136 cm³/mol. The van der Waals surface area contributed by atoms with Gasteiger partial charge in [0.15, 0.2) is 6.10 Å². The van der Waals surface area contributed by atoms with Crippen LogP contribution in [0.2, 0.25) is 0 Å². The number of esters is 2. The Balaban J connectivity index is 3.62. The Bertz CT molecular complexity index is 450. The lowest BCUT2D eigenvalue weighted by Crippen LogP contribution is -2.28. The fourth-order valence-corrected chi connectivity index (χ4v) is 3.91. The van der Waals surface area contributed by atoms with Gasteiger partial charge in [-0.15, -0.1) is 0 Å². The summed E-state index contributed by atoms with van der Waals surface area (Å²) in [7, 11) is 0. The fraction of sp³-hybridized carbons (Fsp3) is 0.929. The molecule has 0 amide bonds. The van der Waals surface area contributed by atoms with Crippen LogP contribution in [0.5, 0.6) is 0 Å². The molecule has 0 aliphatic heterocycles. The van der Waals surface area contributed by atoms with E-state index in [0.717, 1.165) is 44.4 Å². The quantitative estimate of drug-likeness (QED) is 0.117. The maximum absolute atomic E-state index is 12.0. The number of carbonyl (C=O) groups is 2. The Hall–Kier alpha value is -1.10. The van der Waals surface area contributed by atoms with E-state index in [2.05, 4.69) is 20.8 Å². The Kier molecular flexibility index (Phi) is 23.2. The molecule has 1 N–H and O–H groups in total. The van der Waals surface area contributed by atoms with Crippen LogP contribution in [-0.2, 0) is 19.1 Å². The van der Waals surface area contributed by atoms with E-state index in [-0.39, 0.29) is 25.2 Å². The topological polar surface area (TPSA) is 72.8 Å². The molecule has 33 heavy (non-hydrogen) atoms. The molecule has 5 nitrogen and oxygen atoms in total. The van der Waals surface area contributed by atoms with Gasteiger partial charge in [0.25, 0.3) is 0 Å². The molecule has 0 fully saturated rings. The minimum absolute atomic E-state index is 0.0612. The fourth-order valence-electron chi connectivity index (χ4n) is 3.91. The van der Waals surface area contributed by atoms with Crippen LogP contribution in [0.3, 0.4) is 0 Å². The normalized spacial score (nSPS) is 12.2. The summed E-state index contributed by atoms with van der Waals surface area (Å²) in [5.41, 5.74) is 0. The van der Waals surface area contributed by atoms with Gasteiger partial charge in [-0.3, -0.25) is 9.59 Å². The third-order valence-electron chi connectivity index (χ3n) is 6.08. The van der Waals surface area contributed by atoms with Gasteiger partial charge in [0.1, 0.15) is 6.61 Å². The molecule has 5 heteroatoms. The molecule has 0 rings (SSSR count). The van der Waals surface area contributed by atoms with Crippen molar-refractivity contribution < 1.29 is 24.2 Å². The van der Waals surface area contributed by atoms with Crippen LogP contribution >= 0.6 is 0 Å². The van der Waals surface area contributed by atoms with Crippen molar-refractivity contribution in [3.63, 3.8) is 0 Å². The molecule has 0 heterocycles. The van der Waals surface area contributed by atoms with Gasteiger partial charge in [0, 0.05) is 12.8 Å². The lowest BCUT2D eigenvalue weighted by atomic mass is 10.0. The van der Waals surface area contributed by atoms with Gasteiger partial charge in [0.05, 0.1) is 6.61 Å². The zero-order valence-electron chi connectivity index (χ0n) is 22.1. The van der Waals surface area contributed by atoms with Gasteiger partial charge in [-0.1, -0.05) is 117 Å². The van der Waals surface area contributed by atoms with E-state index in [1.54, 1.807) is 0 Å². The van der Waals surface area contributed by atoms with Gasteiger partial charge in [-0.2, -0.15) is 0 Å². The molecular formula is C28H54O5. The van der Waals surface area contributed by atoms with Gasteiger partial charge in [-0.05, 0) is 18.8 Å². The van der Waals surface area contributed by atoms with E-state index in [4.69, 9.17) is 9.47 Å². The van der Waals surface area contributed by atoms with Crippen molar-refractivity contribution in [1.29, 1.82) is 0 Å². The largest absolute Gasteiger partial charge is 0.462 e. The van der Waals surface area contributed by atoms with E-state index in [9.17, 15) is 14.7 Å². The van der Waals surface area contributed by atoms with Gasteiger partial charge in [-0.25, -0.2) is 0 Å². The number of hydrogen-bond donors (Lipinski definition) is 1. The summed E-state index contributed by atoms with van der Waals surface area (Å²) < 4.78 is 10.5. The minimum Gasteiger partial charge on any atom is -0.462 e. The van der Waals surface area contributed by atoms with Crippen molar-refractivity contribution in [2.75, 3.05) is 13.2 Å². The third kappa shape index (κ3) is 23.8. The molecule has 0 aliphatic rings. The number of aliphatic hydroxyl groups is 1. The Morgan fingerprint density at radius 1 is 0.667 bits per heavy atom. The van der Waals surface area contributed by atoms with Crippen LogP contribution in [0.15, 0.2) is 0 Å². The number of rotatable bonds is 24. The first-order chi connectivity index (χ1) is 16.0. The lowest BCUT2D eigenvalue weighted by molar-refractivity contribution is -0.161. The molecular weight excluding hydrogens is 416 g/mol. The average Bonchev–Trinajstić information content (AvgIpc) is 2.79. The highest BCUT2D eigenvalue weighted by Crippen LogP contribution is 2.13. The zero-order valence-corrected chi connectivity index (χ0v) is 22.1. The maximum Gasteiger partial charge on any atom is 0.306 e. The Morgan fingerprint density at radius 2 is 1.12 bits per heavy atom. The Morgan fingerprint density at radius 3 is 1.61 bits per heavy atom. The molecule has 0 radical (unpaired) electrons. The summed E-state index contributed by atoms with van der Waals surface area (Å²) in [5.74, 6) is 0.183. The molecule has 0 aliphatic carbocycles. The second-order valence-electron chi connectivity index (χ2n) is 9.96. The number of ether oxygens (including phenoxy) is 2. The first-order valence-corrected chi connectivity index (χ1v) is 14.0. The third-order valence-corrected chi connectivity index (χ3v) is 6.08. The summed E-state index contributed by atoms with van der Waals surface area (Å²) in [5, 5.41) is 9.42. The summed E-state index contributed by atoms with van der Waals surface area (Å²) in [6.45, 7) is 6.36. The monoisotopic (exact) mass is 470 g/mol. The summed E-state index contributed by atoms with van der Waals surface area (Å²) >= 11 is 0. The number of carbonyl (C=O) groups excluding carboxylic acids is 2. The number of aliphatic hydroxyl groups excluding tert-OH is 1. The lowest BCUT2D eigenvalue weighted by Gasteiger charge is -2.15. The SMILES string of the molecule is CCCCCCCCCCCCC(=O)O[C@@H](CO)COC(=O)CCCCCCCCC(C)C. The highest BCUT2D eigenvalue weighted by molar-refractivity contribution is 5.70. The van der Waals surface area contributed by atoms with Crippen LogP contribution in [0.1, 0.15) is 143 Å². The van der Waals surface area contributed by atoms with E-state index < -0.39 is 6.10 Å². The van der Waals surface area contributed by atoms with E-state index >= 15 is 0 Å². The van der Waals surface area contributed by atoms with Crippen molar-refractivity contribution in [3.8, 4) is 0 Å². The van der Waals surface area contributed by atoms with Crippen molar-refractivity contribution in [2.24, 2.45) is 5.92 Å². The van der Waals surface area contributed by atoms with Crippen LogP contribution in [0, 0.1) is 5.92 Å². The summed E-state index contributed by atoms with van der Waals surface area (Å²) in [4.78, 5) is 23.9. The van der Waals surface area contributed by atoms with Gasteiger partial charge < -0.3 is 14.6 Å². The smallest absolute Gasteiger partial charge is 0.306 e. The van der Waals surface area contributed by atoms with Crippen LogP contribution in [0.4, 0.5) is 0 Å². The first-order valence-electron chi connectivity index (χ1n) is 14.0. The maximum atomic E-state index is 12.0. The Labute approximate surface area is 204 Å². The minimum atomic E-state index is -0.759. The molecule has 0 spiro atoms. The van der Waals surface area contributed by atoms with Crippen molar-refractivity contribution >= 4 is 11.9 Å². The van der Waals surface area contributed by atoms with Gasteiger partial charge >= 0.3 is 11.9 Å². The van der Waals surface area contributed by atoms with Crippen molar-refractivity contribution in [3.05, 3.63) is 0 Å². The standard InChI is InChI=1S/C28H54O5/c1-4-5-6-7-8-9-10-11-16-19-22-28(31)33-26(23-29)24-32-27(30)21-18-15-13-12-14-17-20-25(2)3/h25-26,29H,4-24H2,1-3H3/t26-/m0/s1. The van der Waals surface area contributed by atoms with Crippen LogP contribution in [-0.4, -0.2) is 36.4 Å². The number of hydrogen-bond acceptors (Lipinski definition) is 5.